The molecule has 0 atom stereocenters. The van der Waals surface area contributed by atoms with E-state index in [1.54, 1.807) is 32.9 Å². The Balaban J connectivity index is 2.80. The van der Waals surface area contributed by atoms with Gasteiger partial charge in [-0.15, -0.1) is 0 Å². The van der Waals surface area contributed by atoms with E-state index in [2.05, 4.69) is 0 Å². The lowest BCUT2D eigenvalue weighted by Crippen LogP contribution is -2.07. The summed E-state index contributed by atoms with van der Waals surface area (Å²) in [5, 5.41) is 19.6. The minimum absolute atomic E-state index is 0.0402. The molecule has 0 fully saturated rings. The summed E-state index contributed by atoms with van der Waals surface area (Å²) in [7, 11) is -3.89. The van der Waals surface area contributed by atoms with E-state index in [4.69, 9.17) is 0 Å². The highest BCUT2D eigenvalue weighted by Crippen LogP contribution is 2.35. The third kappa shape index (κ3) is 2.25. The Labute approximate surface area is 118 Å². The second-order valence-electron chi connectivity index (χ2n) is 4.83. The molecule has 0 aliphatic rings. The monoisotopic (exact) mass is 292 g/mol. The minimum Gasteiger partial charge on any atom is -0.508 e. The van der Waals surface area contributed by atoms with E-state index < -0.39 is 9.84 Å². The van der Waals surface area contributed by atoms with Gasteiger partial charge >= 0.3 is 0 Å². The van der Waals surface area contributed by atoms with Gasteiger partial charge in [0, 0.05) is 5.56 Å². The van der Waals surface area contributed by atoms with Crippen LogP contribution < -0.4 is 0 Å². The summed E-state index contributed by atoms with van der Waals surface area (Å²) in [6.07, 6.45) is 0. The van der Waals surface area contributed by atoms with Crippen molar-refractivity contribution in [1.29, 1.82) is 0 Å². The Kier molecular flexibility index (Phi) is 3.48. The van der Waals surface area contributed by atoms with E-state index in [0.29, 0.717) is 5.56 Å². The van der Waals surface area contributed by atoms with Crippen LogP contribution >= 0.6 is 0 Å². The van der Waals surface area contributed by atoms with Gasteiger partial charge in [-0.25, -0.2) is 8.42 Å². The van der Waals surface area contributed by atoms with Crippen LogP contribution in [0.2, 0.25) is 0 Å². The lowest BCUT2D eigenvalue weighted by Gasteiger charge is -2.13. The second kappa shape index (κ2) is 4.83. The van der Waals surface area contributed by atoms with E-state index in [1.165, 1.54) is 18.2 Å². The van der Waals surface area contributed by atoms with Gasteiger partial charge in [0.25, 0.3) is 0 Å². The first-order valence-corrected chi connectivity index (χ1v) is 7.57. The van der Waals surface area contributed by atoms with Gasteiger partial charge in [-0.3, -0.25) is 0 Å². The average molecular weight is 292 g/mol. The molecule has 0 unspecified atom stereocenters. The Hall–Kier alpha value is -2.01. The van der Waals surface area contributed by atoms with Gasteiger partial charge in [0.2, 0.25) is 9.84 Å². The van der Waals surface area contributed by atoms with Gasteiger partial charge in [0.05, 0.1) is 4.90 Å². The van der Waals surface area contributed by atoms with Crippen LogP contribution in [0.5, 0.6) is 11.5 Å². The highest BCUT2D eigenvalue weighted by Gasteiger charge is 2.26. The lowest BCUT2D eigenvalue weighted by molar-refractivity contribution is 0.457. The van der Waals surface area contributed by atoms with E-state index in [0.717, 1.165) is 5.56 Å². The first-order chi connectivity index (χ1) is 9.25. The molecule has 0 amide bonds. The molecular formula is C15H16O4S. The van der Waals surface area contributed by atoms with E-state index in [9.17, 15) is 18.6 Å². The number of benzene rings is 2. The number of phenolic OH excluding ortho intramolecular Hbond substituents is 2. The van der Waals surface area contributed by atoms with Crippen molar-refractivity contribution in [3.05, 3.63) is 47.0 Å². The van der Waals surface area contributed by atoms with Gasteiger partial charge < -0.3 is 10.2 Å². The standard InChI is InChI=1S/C15H16O4S/c1-9-4-6-13(17)14(8-9)20(18,19)15-10(2)5-7-12(16)11(15)3/h4-8,16-17H,1-3H3. The first-order valence-electron chi connectivity index (χ1n) is 6.09. The molecule has 0 spiro atoms. The number of hydrogen-bond acceptors (Lipinski definition) is 4. The normalized spacial score (nSPS) is 11.6. The molecule has 106 valence electrons. The average Bonchev–Trinajstić information content (AvgIpc) is 2.37. The second-order valence-corrected chi connectivity index (χ2v) is 6.69. The summed E-state index contributed by atoms with van der Waals surface area (Å²) in [5.41, 5.74) is 1.55. The van der Waals surface area contributed by atoms with Crippen molar-refractivity contribution in [1.82, 2.24) is 0 Å². The minimum atomic E-state index is -3.89. The van der Waals surface area contributed by atoms with Crippen LogP contribution in [0.1, 0.15) is 16.7 Å². The van der Waals surface area contributed by atoms with Gasteiger partial charge in [0.1, 0.15) is 16.4 Å². The van der Waals surface area contributed by atoms with Crippen molar-refractivity contribution in [3.63, 3.8) is 0 Å². The molecule has 20 heavy (non-hydrogen) atoms. The van der Waals surface area contributed by atoms with Crippen LogP contribution in [0, 0.1) is 20.8 Å². The molecular weight excluding hydrogens is 276 g/mol. The van der Waals surface area contributed by atoms with Crippen LogP contribution in [0.25, 0.3) is 0 Å². The summed E-state index contributed by atoms with van der Waals surface area (Å²) in [4.78, 5) is -0.104. The Morgan fingerprint density at radius 1 is 0.900 bits per heavy atom. The summed E-state index contributed by atoms with van der Waals surface area (Å²) < 4.78 is 25.5. The van der Waals surface area contributed by atoms with E-state index in [1.807, 2.05) is 0 Å². The molecule has 0 saturated carbocycles. The van der Waals surface area contributed by atoms with Gasteiger partial charge in [-0.05, 0) is 50.1 Å². The molecule has 2 aromatic carbocycles. The Morgan fingerprint density at radius 3 is 2.15 bits per heavy atom. The third-order valence-electron chi connectivity index (χ3n) is 3.25. The topological polar surface area (TPSA) is 74.6 Å². The van der Waals surface area contributed by atoms with Gasteiger partial charge in [-0.2, -0.15) is 0 Å². The van der Waals surface area contributed by atoms with Gasteiger partial charge in [0.15, 0.2) is 0 Å². The largest absolute Gasteiger partial charge is 0.508 e. The van der Waals surface area contributed by atoms with Crippen molar-refractivity contribution >= 4 is 9.84 Å². The summed E-state index contributed by atoms with van der Waals surface area (Å²) in [5.74, 6) is -0.376. The quantitative estimate of drug-likeness (QED) is 0.892. The van der Waals surface area contributed by atoms with Crippen molar-refractivity contribution in [2.45, 2.75) is 30.6 Å². The fourth-order valence-corrected chi connectivity index (χ4v) is 4.08. The summed E-state index contributed by atoms with van der Waals surface area (Å²) >= 11 is 0. The number of sulfone groups is 1. The van der Waals surface area contributed by atoms with Crippen molar-refractivity contribution < 1.29 is 18.6 Å². The lowest BCUT2D eigenvalue weighted by atomic mass is 10.1. The van der Waals surface area contributed by atoms with Crippen molar-refractivity contribution in [3.8, 4) is 11.5 Å². The zero-order chi connectivity index (χ0) is 15.1. The molecule has 0 aliphatic carbocycles. The molecule has 0 aliphatic heterocycles. The SMILES string of the molecule is Cc1ccc(O)c(S(=O)(=O)c2c(C)ccc(O)c2C)c1. The Bertz CT molecular complexity index is 777. The van der Waals surface area contributed by atoms with Crippen LogP contribution in [-0.2, 0) is 9.84 Å². The van der Waals surface area contributed by atoms with Gasteiger partial charge in [-0.1, -0.05) is 12.1 Å². The Morgan fingerprint density at radius 2 is 1.50 bits per heavy atom. The number of hydrogen-bond donors (Lipinski definition) is 2. The maximum absolute atomic E-state index is 12.7. The van der Waals surface area contributed by atoms with Crippen molar-refractivity contribution in [2.24, 2.45) is 0 Å². The predicted molar refractivity (Wildman–Crippen MR) is 75.9 cm³/mol. The van der Waals surface area contributed by atoms with Crippen LogP contribution in [0.3, 0.4) is 0 Å². The summed E-state index contributed by atoms with van der Waals surface area (Å²) in [6.45, 7) is 4.95. The molecule has 0 bridgehead atoms. The molecule has 0 saturated heterocycles. The third-order valence-corrected chi connectivity index (χ3v) is 5.32. The molecule has 2 rings (SSSR count). The molecule has 2 N–H and O–H groups in total. The van der Waals surface area contributed by atoms with Crippen molar-refractivity contribution in [2.75, 3.05) is 0 Å². The molecule has 2 aromatic rings. The smallest absolute Gasteiger partial charge is 0.210 e. The number of aromatic hydroxyl groups is 2. The summed E-state index contributed by atoms with van der Waals surface area (Å²) in [6, 6.07) is 7.42. The molecule has 4 nitrogen and oxygen atoms in total. The van der Waals surface area contributed by atoms with Crippen LogP contribution in [0.4, 0.5) is 0 Å². The van der Waals surface area contributed by atoms with Crippen LogP contribution in [-0.4, -0.2) is 18.6 Å². The fourth-order valence-electron chi connectivity index (χ4n) is 2.18. The maximum Gasteiger partial charge on any atom is 0.210 e. The number of aryl methyl sites for hydroxylation is 2. The highest BCUT2D eigenvalue weighted by atomic mass is 32.2. The predicted octanol–water partition coefficient (Wildman–Crippen LogP) is 2.86. The molecule has 0 heterocycles. The number of rotatable bonds is 2. The zero-order valence-electron chi connectivity index (χ0n) is 11.5. The number of phenols is 2. The molecule has 0 aromatic heterocycles. The van der Waals surface area contributed by atoms with E-state index >= 15 is 0 Å². The van der Waals surface area contributed by atoms with E-state index in [-0.39, 0.29) is 26.9 Å². The zero-order valence-corrected chi connectivity index (χ0v) is 12.3. The molecule has 0 radical (unpaired) electrons. The highest BCUT2D eigenvalue weighted by molar-refractivity contribution is 7.91. The molecule has 5 heteroatoms. The van der Waals surface area contributed by atoms with Crippen LogP contribution in [0.15, 0.2) is 40.1 Å². The fraction of sp³-hybridized carbons (Fsp3) is 0.200. The first kappa shape index (κ1) is 14.4. The maximum atomic E-state index is 12.7.